The van der Waals surface area contributed by atoms with Crippen LogP contribution in [0.15, 0.2) is 53.7 Å². The van der Waals surface area contributed by atoms with Crippen molar-refractivity contribution in [2.75, 3.05) is 17.8 Å². The Hall–Kier alpha value is -1.87. The van der Waals surface area contributed by atoms with Crippen molar-refractivity contribution in [1.29, 1.82) is 0 Å². The largest absolute Gasteiger partial charge is 0.338 e. The predicted molar refractivity (Wildman–Crippen MR) is 118 cm³/mol. The van der Waals surface area contributed by atoms with Gasteiger partial charge in [-0.05, 0) is 48.2 Å². The number of nitrogens with two attached hydrogens (primary N) is 1. The van der Waals surface area contributed by atoms with Gasteiger partial charge in [-0.1, -0.05) is 13.8 Å². The number of halogens is 2. The summed E-state index contributed by atoms with van der Waals surface area (Å²) >= 11 is 0. The van der Waals surface area contributed by atoms with Gasteiger partial charge in [-0.3, -0.25) is 14.5 Å². The van der Waals surface area contributed by atoms with E-state index < -0.39 is 10.0 Å². The van der Waals surface area contributed by atoms with Crippen LogP contribution in [0.1, 0.15) is 30.6 Å². The second kappa shape index (κ2) is 9.75. The van der Waals surface area contributed by atoms with Crippen LogP contribution >= 0.6 is 24.8 Å². The lowest BCUT2D eigenvalue weighted by molar-refractivity contribution is 0.0533. The average molecular weight is 461 g/mol. The number of benzene rings is 1. The van der Waals surface area contributed by atoms with Gasteiger partial charge in [-0.2, -0.15) is 0 Å². The van der Waals surface area contributed by atoms with E-state index in [-0.39, 0.29) is 47.1 Å². The van der Waals surface area contributed by atoms with Crippen LogP contribution in [0, 0.1) is 5.41 Å². The minimum absolute atomic E-state index is 0. The monoisotopic (exact) mass is 460 g/mol. The molecular formula is C19H26Cl2N4O3S. The fourth-order valence-electron chi connectivity index (χ4n) is 3.14. The van der Waals surface area contributed by atoms with Crippen LogP contribution in [0.3, 0.4) is 0 Å². The van der Waals surface area contributed by atoms with Crippen molar-refractivity contribution in [3.8, 4) is 0 Å². The van der Waals surface area contributed by atoms with E-state index in [2.05, 4.69) is 23.6 Å². The molecule has 2 heterocycles. The van der Waals surface area contributed by atoms with Crippen molar-refractivity contribution in [2.45, 2.75) is 31.2 Å². The summed E-state index contributed by atoms with van der Waals surface area (Å²) < 4.78 is 27.4. The minimum atomic E-state index is -3.73. The van der Waals surface area contributed by atoms with Crippen LogP contribution in [0.2, 0.25) is 0 Å². The topological polar surface area (TPSA) is 105 Å². The highest BCUT2D eigenvalue weighted by atomic mass is 35.5. The van der Waals surface area contributed by atoms with Gasteiger partial charge in [0.15, 0.2) is 0 Å². The molecule has 2 aromatic rings. The first kappa shape index (κ1) is 25.2. The number of anilines is 1. The smallest absolute Gasteiger partial charge is 0.261 e. The van der Waals surface area contributed by atoms with Crippen molar-refractivity contribution in [1.82, 2.24) is 9.88 Å². The number of nitrogens with zero attached hydrogens (tertiary/aromatic N) is 2. The number of carbonyl (C=O) groups is 1. The molecule has 0 aliphatic carbocycles. The van der Waals surface area contributed by atoms with Gasteiger partial charge in [0, 0.05) is 37.1 Å². The summed E-state index contributed by atoms with van der Waals surface area (Å²) in [5, 5.41) is 0. The average Bonchev–Trinajstić information content (AvgIpc) is 2.64. The number of nitrogens with one attached hydrogen (secondary N) is 1. The number of likely N-dealkylation sites (tertiary alicyclic amines) is 1. The Morgan fingerprint density at radius 3 is 2.28 bits per heavy atom. The van der Waals surface area contributed by atoms with Gasteiger partial charge >= 0.3 is 0 Å². The fourth-order valence-corrected chi connectivity index (χ4v) is 4.20. The highest BCUT2D eigenvalue weighted by molar-refractivity contribution is 7.92. The van der Waals surface area contributed by atoms with E-state index in [1.807, 2.05) is 0 Å². The number of rotatable bonds is 4. The summed E-state index contributed by atoms with van der Waals surface area (Å²) in [6.45, 7) is 5.29. The molecule has 1 aliphatic heterocycles. The first-order chi connectivity index (χ1) is 12.7. The Morgan fingerprint density at radius 2 is 1.72 bits per heavy atom. The summed E-state index contributed by atoms with van der Waals surface area (Å²) in [7, 11) is -3.73. The quantitative estimate of drug-likeness (QED) is 0.729. The lowest BCUT2D eigenvalue weighted by Crippen LogP contribution is -2.53. The molecule has 29 heavy (non-hydrogen) atoms. The molecule has 160 valence electrons. The minimum Gasteiger partial charge on any atom is -0.338 e. The van der Waals surface area contributed by atoms with E-state index in [0.717, 1.165) is 6.42 Å². The second-order valence-electron chi connectivity index (χ2n) is 7.48. The van der Waals surface area contributed by atoms with E-state index in [4.69, 9.17) is 5.73 Å². The number of hydrogen-bond donors (Lipinski definition) is 2. The number of sulfonamides is 1. The highest BCUT2D eigenvalue weighted by Crippen LogP contribution is 2.28. The maximum Gasteiger partial charge on any atom is 0.261 e. The predicted octanol–water partition coefficient (Wildman–Crippen LogP) is 2.93. The van der Waals surface area contributed by atoms with Crippen LogP contribution in [-0.2, 0) is 10.0 Å². The maximum atomic E-state index is 12.8. The van der Waals surface area contributed by atoms with E-state index in [0.29, 0.717) is 24.3 Å². The van der Waals surface area contributed by atoms with Crippen LogP contribution in [-0.4, -0.2) is 43.3 Å². The lowest BCUT2D eigenvalue weighted by atomic mass is 9.79. The molecular weight excluding hydrogens is 435 g/mol. The molecule has 0 spiro atoms. The number of hydrogen-bond acceptors (Lipinski definition) is 5. The molecule has 10 heteroatoms. The van der Waals surface area contributed by atoms with Crippen molar-refractivity contribution >= 4 is 46.4 Å². The molecule has 3 N–H and O–H groups in total. The van der Waals surface area contributed by atoms with Gasteiger partial charge in [-0.15, -0.1) is 24.8 Å². The molecule has 0 saturated carbocycles. The number of aromatic nitrogens is 1. The van der Waals surface area contributed by atoms with E-state index in [1.165, 1.54) is 24.5 Å². The zero-order chi connectivity index (χ0) is 19.7. The molecule has 7 nitrogen and oxygen atoms in total. The summed E-state index contributed by atoms with van der Waals surface area (Å²) in [6, 6.07) is 9.18. The molecule has 1 aromatic heterocycles. The van der Waals surface area contributed by atoms with Crippen LogP contribution in [0.5, 0.6) is 0 Å². The molecule has 3 rings (SSSR count). The van der Waals surface area contributed by atoms with Gasteiger partial charge in [0.1, 0.15) is 0 Å². The van der Waals surface area contributed by atoms with Crippen LogP contribution < -0.4 is 10.5 Å². The van der Waals surface area contributed by atoms with E-state index in [1.54, 1.807) is 29.2 Å². The van der Waals surface area contributed by atoms with E-state index >= 15 is 0 Å². The van der Waals surface area contributed by atoms with Gasteiger partial charge in [0.2, 0.25) is 0 Å². The number of carbonyl (C=O) groups excluding carboxylic acids is 1. The van der Waals surface area contributed by atoms with Gasteiger partial charge < -0.3 is 10.6 Å². The molecule has 1 unspecified atom stereocenters. The lowest BCUT2D eigenvalue weighted by Gasteiger charge is -2.42. The zero-order valence-corrected chi connectivity index (χ0v) is 18.7. The molecule has 1 atom stereocenters. The molecule has 1 aliphatic rings. The molecule has 1 aromatic carbocycles. The number of amides is 1. The summed E-state index contributed by atoms with van der Waals surface area (Å²) in [4.78, 5) is 18.5. The third kappa shape index (κ3) is 5.82. The Balaban J connectivity index is 0.00000210. The van der Waals surface area contributed by atoms with Crippen LogP contribution in [0.25, 0.3) is 0 Å². The first-order valence-electron chi connectivity index (χ1n) is 8.77. The van der Waals surface area contributed by atoms with Crippen molar-refractivity contribution < 1.29 is 13.2 Å². The fraction of sp³-hybridized carbons (Fsp3) is 0.368. The third-order valence-corrected chi connectivity index (χ3v) is 6.34. The molecule has 0 bridgehead atoms. The highest BCUT2D eigenvalue weighted by Gasteiger charge is 2.35. The molecule has 1 amide bonds. The molecule has 1 saturated heterocycles. The number of pyridine rings is 1. The van der Waals surface area contributed by atoms with Gasteiger partial charge in [-0.25, -0.2) is 8.42 Å². The van der Waals surface area contributed by atoms with Crippen molar-refractivity contribution in [2.24, 2.45) is 11.1 Å². The van der Waals surface area contributed by atoms with Gasteiger partial charge in [0.25, 0.3) is 15.9 Å². The summed E-state index contributed by atoms with van der Waals surface area (Å²) in [6.07, 6.45) is 3.76. The van der Waals surface area contributed by atoms with Crippen molar-refractivity contribution in [3.05, 3.63) is 54.4 Å². The Kier molecular flexibility index (Phi) is 8.47. The number of piperidine rings is 1. The standard InChI is InChI=1S/C19H24N4O3S.2ClH/c1-19(2)13-23(12-9-17(19)20)18(24)14-3-5-16(6-4-14)27(25,26)22-15-7-10-21-11-8-15;;/h3-8,10-11,17H,9,12-13,20H2,1-2H3,(H,21,22);2*1H. The zero-order valence-electron chi connectivity index (χ0n) is 16.2. The Bertz CT molecular complexity index is 922. The van der Waals surface area contributed by atoms with Crippen LogP contribution in [0.4, 0.5) is 5.69 Å². The SMILES string of the molecule is CC1(C)CN(C(=O)c2ccc(S(=O)(=O)Nc3ccncc3)cc2)CCC1N.Cl.Cl. The maximum absolute atomic E-state index is 12.8. The summed E-state index contributed by atoms with van der Waals surface area (Å²) in [5.41, 5.74) is 6.87. The molecule has 0 radical (unpaired) electrons. The van der Waals surface area contributed by atoms with Crippen molar-refractivity contribution in [3.63, 3.8) is 0 Å². The third-order valence-electron chi connectivity index (χ3n) is 4.94. The first-order valence-corrected chi connectivity index (χ1v) is 10.3. The van der Waals surface area contributed by atoms with Gasteiger partial charge in [0.05, 0.1) is 10.6 Å². The normalized spacial score (nSPS) is 18.2. The Morgan fingerprint density at radius 1 is 1.14 bits per heavy atom. The second-order valence-corrected chi connectivity index (χ2v) is 9.16. The summed E-state index contributed by atoms with van der Waals surface area (Å²) in [5.74, 6) is -0.110. The Labute approximate surface area is 183 Å². The van der Waals surface area contributed by atoms with E-state index in [9.17, 15) is 13.2 Å². The molecule has 1 fully saturated rings.